The summed E-state index contributed by atoms with van der Waals surface area (Å²) in [7, 11) is 0. The molecule has 5 rings (SSSR count). The molecule has 2 aromatic carbocycles. The molecule has 8 nitrogen and oxygen atoms in total. The van der Waals surface area contributed by atoms with Crippen molar-refractivity contribution < 1.29 is 9.72 Å². The number of nitro benzene ring substituents is 1. The van der Waals surface area contributed by atoms with E-state index in [-0.39, 0.29) is 11.6 Å². The number of nitro groups is 1. The highest BCUT2D eigenvalue weighted by Gasteiger charge is 2.27. The second-order valence-corrected chi connectivity index (χ2v) is 9.72. The van der Waals surface area contributed by atoms with E-state index in [4.69, 9.17) is 28.3 Å². The Bertz CT molecular complexity index is 1380. The van der Waals surface area contributed by atoms with Gasteiger partial charge < -0.3 is 9.80 Å². The number of hydrogen-bond donors (Lipinski definition) is 0. The summed E-state index contributed by atoms with van der Waals surface area (Å²) in [4.78, 5) is 29.0. The van der Waals surface area contributed by atoms with Gasteiger partial charge in [-0.15, -0.1) is 11.3 Å². The van der Waals surface area contributed by atoms with Gasteiger partial charge in [0.1, 0.15) is 11.4 Å². The lowest BCUT2D eigenvalue weighted by Crippen LogP contribution is -2.49. The van der Waals surface area contributed by atoms with Crippen LogP contribution in [0.3, 0.4) is 0 Å². The van der Waals surface area contributed by atoms with E-state index in [1.165, 1.54) is 12.1 Å². The topological polar surface area (TPSA) is 84.5 Å². The first-order chi connectivity index (χ1) is 16.9. The van der Waals surface area contributed by atoms with E-state index in [2.05, 4.69) is 4.90 Å². The molecule has 0 bridgehead atoms. The molecule has 0 aliphatic carbocycles. The fraction of sp³-hybridized carbons (Fsp3) is 0.167. The Morgan fingerprint density at radius 1 is 0.943 bits per heavy atom. The number of halogens is 2. The number of piperazine rings is 1. The van der Waals surface area contributed by atoms with Gasteiger partial charge in [-0.3, -0.25) is 14.9 Å². The van der Waals surface area contributed by atoms with Crippen LogP contribution in [0.2, 0.25) is 10.0 Å². The minimum absolute atomic E-state index is 0.0553. The molecule has 3 heterocycles. The number of benzene rings is 2. The number of hydrogen-bond acceptors (Lipinski definition) is 6. The summed E-state index contributed by atoms with van der Waals surface area (Å²) in [5, 5.41) is 18.4. The Labute approximate surface area is 215 Å². The van der Waals surface area contributed by atoms with Crippen LogP contribution in [0.25, 0.3) is 16.3 Å². The summed E-state index contributed by atoms with van der Waals surface area (Å²) >= 11 is 13.9. The average molecular weight is 528 g/mol. The molecule has 1 aliphatic heterocycles. The molecule has 4 aromatic rings. The van der Waals surface area contributed by atoms with Gasteiger partial charge in [0.15, 0.2) is 0 Å². The third kappa shape index (κ3) is 4.75. The van der Waals surface area contributed by atoms with Crippen molar-refractivity contribution in [1.29, 1.82) is 0 Å². The van der Waals surface area contributed by atoms with Crippen molar-refractivity contribution in [3.05, 3.63) is 91.9 Å². The van der Waals surface area contributed by atoms with Crippen LogP contribution in [0.1, 0.15) is 10.5 Å². The molecule has 11 heteroatoms. The van der Waals surface area contributed by atoms with Crippen LogP contribution in [-0.2, 0) is 0 Å². The molecule has 1 fully saturated rings. The number of nitrogens with zero attached hydrogens (tertiary/aromatic N) is 5. The number of carbonyl (C=O) groups excluding carboxylic acids is 1. The zero-order chi connectivity index (χ0) is 24.5. The highest BCUT2D eigenvalue weighted by Crippen LogP contribution is 2.29. The molecule has 35 heavy (non-hydrogen) atoms. The number of rotatable bonds is 5. The SMILES string of the molecule is O=C(c1cc(-c2cccs2)nn1-c1ccc(Cl)c(Cl)c1)N1CCN(c2ccc([N+](=O)[O-])cc2)CC1. The first-order valence-corrected chi connectivity index (χ1v) is 12.4. The van der Waals surface area contributed by atoms with Crippen LogP contribution in [0, 0.1) is 10.1 Å². The zero-order valence-electron chi connectivity index (χ0n) is 18.3. The smallest absolute Gasteiger partial charge is 0.272 e. The first-order valence-electron chi connectivity index (χ1n) is 10.8. The monoisotopic (exact) mass is 527 g/mol. The van der Waals surface area contributed by atoms with Gasteiger partial charge in [0.05, 0.1) is 25.5 Å². The van der Waals surface area contributed by atoms with Gasteiger partial charge in [0.2, 0.25) is 0 Å². The van der Waals surface area contributed by atoms with Gasteiger partial charge in [-0.1, -0.05) is 29.3 Å². The van der Waals surface area contributed by atoms with E-state index in [0.717, 1.165) is 10.6 Å². The average Bonchev–Trinajstić information content (AvgIpc) is 3.56. The Morgan fingerprint density at radius 3 is 2.29 bits per heavy atom. The lowest BCUT2D eigenvalue weighted by atomic mass is 10.2. The summed E-state index contributed by atoms with van der Waals surface area (Å²) in [6.07, 6.45) is 0. The molecule has 0 N–H and O–H groups in total. The Hall–Kier alpha value is -3.40. The molecule has 178 valence electrons. The largest absolute Gasteiger partial charge is 0.368 e. The molecular formula is C24H19Cl2N5O3S. The van der Waals surface area contributed by atoms with E-state index in [1.54, 1.807) is 57.3 Å². The third-order valence-corrected chi connectivity index (χ3v) is 7.47. The van der Waals surface area contributed by atoms with E-state index in [1.807, 2.05) is 17.5 Å². The third-order valence-electron chi connectivity index (χ3n) is 5.84. The molecule has 0 atom stereocenters. The Balaban J connectivity index is 1.39. The maximum Gasteiger partial charge on any atom is 0.272 e. The van der Waals surface area contributed by atoms with Crippen LogP contribution in [0.4, 0.5) is 11.4 Å². The highest BCUT2D eigenvalue weighted by molar-refractivity contribution is 7.13. The summed E-state index contributed by atoms with van der Waals surface area (Å²) in [6.45, 7) is 2.25. The lowest BCUT2D eigenvalue weighted by Gasteiger charge is -2.36. The molecule has 1 aliphatic rings. The summed E-state index contributed by atoms with van der Waals surface area (Å²) in [6, 6.07) is 17.3. The van der Waals surface area contributed by atoms with E-state index in [9.17, 15) is 14.9 Å². The highest BCUT2D eigenvalue weighted by atomic mass is 35.5. The standard InChI is InChI=1S/C24H19Cl2N5O3S/c25-19-8-7-18(14-20(19)26)30-22(15-21(27-30)23-2-1-13-35-23)24(32)29-11-9-28(10-12-29)16-3-5-17(6-4-16)31(33)34/h1-8,13-15H,9-12H2. The molecular weight excluding hydrogens is 509 g/mol. The zero-order valence-corrected chi connectivity index (χ0v) is 20.6. The predicted molar refractivity (Wildman–Crippen MR) is 138 cm³/mol. The van der Waals surface area contributed by atoms with Crippen molar-refractivity contribution in [2.24, 2.45) is 0 Å². The molecule has 0 radical (unpaired) electrons. The van der Waals surface area contributed by atoms with E-state index in [0.29, 0.717) is 53.3 Å². The van der Waals surface area contributed by atoms with Crippen LogP contribution in [0.5, 0.6) is 0 Å². The normalized spacial score (nSPS) is 13.8. The Kier molecular flexibility index (Phi) is 6.46. The molecule has 0 spiro atoms. The van der Waals surface area contributed by atoms with Crippen molar-refractivity contribution in [1.82, 2.24) is 14.7 Å². The van der Waals surface area contributed by atoms with E-state index < -0.39 is 4.92 Å². The summed E-state index contributed by atoms with van der Waals surface area (Å²) in [5.74, 6) is -0.130. The van der Waals surface area contributed by atoms with Gasteiger partial charge in [-0.25, -0.2) is 4.68 Å². The Morgan fingerprint density at radius 2 is 1.66 bits per heavy atom. The van der Waals surface area contributed by atoms with Crippen molar-refractivity contribution in [3.8, 4) is 16.3 Å². The maximum absolute atomic E-state index is 13.6. The molecule has 1 amide bonds. The second kappa shape index (κ2) is 9.69. The van der Waals surface area contributed by atoms with Gasteiger partial charge in [0, 0.05) is 44.0 Å². The van der Waals surface area contributed by atoms with Crippen LogP contribution < -0.4 is 4.90 Å². The quantitative estimate of drug-likeness (QED) is 0.242. The number of thiophene rings is 1. The van der Waals surface area contributed by atoms with Gasteiger partial charge >= 0.3 is 0 Å². The molecule has 0 unspecified atom stereocenters. The fourth-order valence-corrected chi connectivity index (χ4v) is 4.98. The van der Waals surface area contributed by atoms with Gasteiger partial charge in [0.25, 0.3) is 11.6 Å². The van der Waals surface area contributed by atoms with E-state index >= 15 is 0 Å². The van der Waals surface area contributed by atoms with Crippen molar-refractivity contribution in [3.63, 3.8) is 0 Å². The predicted octanol–water partition coefficient (Wildman–Crippen LogP) is 5.78. The second-order valence-electron chi connectivity index (χ2n) is 7.96. The van der Waals surface area contributed by atoms with Crippen LogP contribution in [0.15, 0.2) is 66.0 Å². The molecule has 2 aromatic heterocycles. The number of amides is 1. The van der Waals surface area contributed by atoms with Crippen molar-refractivity contribution >= 4 is 51.8 Å². The summed E-state index contributed by atoms with van der Waals surface area (Å²) in [5.41, 5.74) is 2.74. The van der Waals surface area contributed by atoms with Crippen LogP contribution in [-0.4, -0.2) is 51.7 Å². The lowest BCUT2D eigenvalue weighted by molar-refractivity contribution is -0.384. The van der Waals surface area contributed by atoms with Crippen molar-refractivity contribution in [2.45, 2.75) is 0 Å². The number of carbonyl (C=O) groups is 1. The van der Waals surface area contributed by atoms with Gasteiger partial charge in [-0.05, 0) is 47.8 Å². The minimum atomic E-state index is -0.415. The maximum atomic E-state index is 13.6. The molecule has 1 saturated heterocycles. The number of anilines is 1. The minimum Gasteiger partial charge on any atom is -0.368 e. The fourth-order valence-electron chi connectivity index (χ4n) is 4.01. The number of aromatic nitrogens is 2. The number of non-ortho nitro benzene ring substituents is 1. The van der Waals surface area contributed by atoms with Crippen LogP contribution >= 0.6 is 34.5 Å². The molecule has 0 saturated carbocycles. The first kappa shape index (κ1) is 23.3. The van der Waals surface area contributed by atoms with Crippen molar-refractivity contribution in [2.75, 3.05) is 31.1 Å². The van der Waals surface area contributed by atoms with Gasteiger partial charge in [-0.2, -0.15) is 5.10 Å². The summed E-state index contributed by atoms with van der Waals surface area (Å²) < 4.78 is 1.61.